The molecule has 0 aromatic heterocycles. The Morgan fingerprint density at radius 3 is 1.41 bits per heavy atom. The molecule has 3 unspecified atom stereocenters. The number of aliphatic carboxylic acids is 3. The molecule has 0 rings (SSSR count). The molecule has 0 bridgehead atoms. The molecule has 96 valence electrons. The lowest BCUT2D eigenvalue weighted by atomic mass is 9.87. The standard InChI is InChI=1S/C11H16O6/c1-5(9(12)13)4-8(6(2)10(14)15)7(3)11(16)17/h4-7H,1-3H3,(H,12,13)(H,14,15)(H,16,17). The molecule has 6 nitrogen and oxygen atoms in total. The lowest BCUT2D eigenvalue weighted by Gasteiger charge is -2.17. The van der Waals surface area contributed by atoms with E-state index in [4.69, 9.17) is 15.3 Å². The zero-order valence-corrected chi connectivity index (χ0v) is 9.88. The topological polar surface area (TPSA) is 112 Å². The Balaban J connectivity index is 5.31. The number of carbonyl (C=O) groups is 3. The monoisotopic (exact) mass is 244 g/mol. The van der Waals surface area contributed by atoms with Crippen LogP contribution < -0.4 is 0 Å². The van der Waals surface area contributed by atoms with Crippen LogP contribution in [0.4, 0.5) is 0 Å². The van der Waals surface area contributed by atoms with Gasteiger partial charge in [-0.2, -0.15) is 0 Å². The molecule has 0 aromatic rings. The Morgan fingerprint density at radius 2 is 1.18 bits per heavy atom. The lowest BCUT2D eigenvalue weighted by molar-refractivity contribution is -0.143. The highest BCUT2D eigenvalue weighted by Gasteiger charge is 2.27. The first-order valence-electron chi connectivity index (χ1n) is 5.08. The van der Waals surface area contributed by atoms with Gasteiger partial charge in [0.05, 0.1) is 17.8 Å². The molecule has 0 saturated heterocycles. The molecule has 0 heterocycles. The Kier molecular flexibility index (Phi) is 5.37. The summed E-state index contributed by atoms with van der Waals surface area (Å²) in [5, 5.41) is 26.4. The fourth-order valence-electron chi connectivity index (χ4n) is 1.31. The van der Waals surface area contributed by atoms with Crippen molar-refractivity contribution in [2.24, 2.45) is 17.8 Å². The summed E-state index contributed by atoms with van der Waals surface area (Å²) in [5.41, 5.74) is 0.0971. The Hall–Kier alpha value is -1.85. The van der Waals surface area contributed by atoms with Gasteiger partial charge in [0.2, 0.25) is 0 Å². The first-order valence-corrected chi connectivity index (χ1v) is 5.08. The molecule has 17 heavy (non-hydrogen) atoms. The van der Waals surface area contributed by atoms with Crippen LogP contribution in [0, 0.1) is 17.8 Å². The first-order chi connectivity index (χ1) is 7.68. The SMILES string of the molecule is CC(C=C(C(C)C(=O)O)C(C)C(=O)O)C(=O)O. The molecular weight excluding hydrogens is 228 g/mol. The van der Waals surface area contributed by atoms with Crippen LogP contribution in [-0.2, 0) is 14.4 Å². The third-order valence-corrected chi connectivity index (χ3v) is 2.57. The van der Waals surface area contributed by atoms with Crippen LogP contribution in [0.15, 0.2) is 11.6 Å². The van der Waals surface area contributed by atoms with Crippen LogP contribution in [0.5, 0.6) is 0 Å². The van der Waals surface area contributed by atoms with Crippen molar-refractivity contribution in [3.05, 3.63) is 11.6 Å². The minimum Gasteiger partial charge on any atom is -0.481 e. The molecule has 0 aliphatic heterocycles. The zero-order chi connectivity index (χ0) is 13.7. The average Bonchev–Trinajstić information content (AvgIpc) is 2.22. The van der Waals surface area contributed by atoms with Gasteiger partial charge in [-0.3, -0.25) is 14.4 Å². The molecule has 0 saturated carbocycles. The molecule has 6 heteroatoms. The van der Waals surface area contributed by atoms with Gasteiger partial charge in [-0.25, -0.2) is 0 Å². The molecule has 0 amide bonds. The van der Waals surface area contributed by atoms with Crippen LogP contribution in [0.2, 0.25) is 0 Å². The number of hydrogen-bond donors (Lipinski definition) is 3. The van der Waals surface area contributed by atoms with E-state index in [0.29, 0.717) is 0 Å². The fourth-order valence-corrected chi connectivity index (χ4v) is 1.31. The van der Waals surface area contributed by atoms with E-state index in [-0.39, 0.29) is 5.57 Å². The minimum atomic E-state index is -1.18. The summed E-state index contributed by atoms with van der Waals surface area (Å²) in [6.07, 6.45) is 1.19. The molecule has 3 atom stereocenters. The van der Waals surface area contributed by atoms with Crippen molar-refractivity contribution in [3.8, 4) is 0 Å². The first kappa shape index (κ1) is 15.2. The van der Waals surface area contributed by atoms with Crippen LogP contribution in [-0.4, -0.2) is 33.2 Å². The summed E-state index contributed by atoms with van der Waals surface area (Å²) in [7, 11) is 0. The van der Waals surface area contributed by atoms with Gasteiger partial charge in [-0.15, -0.1) is 0 Å². The van der Waals surface area contributed by atoms with E-state index in [0.717, 1.165) is 0 Å². The molecule has 0 radical (unpaired) electrons. The third kappa shape index (κ3) is 4.26. The summed E-state index contributed by atoms with van der Waals surface area (Å²) in [4.78, 5) is 32.4. The molecular formula is C11H16O6. The summed E-state index contributed by atoms with van der Waals surface area (Å²) in [5.74, 6) is -6.46. The Labute approximate surface area is 98.6 Å². The van der Waals surface area contributed by atoms with Crippen molar-refractivity contribution in [1.82, 2.24) is 0 Å². The van der Waals surface area contributed by atoms with Gasteiger partial charge >= 0.3 is 17.9 Å². The van der Waals surface area contributed by atoms with Crippen molar-refractivity contribution in [3.63, 3.8) is 0 Å². The molecule has 0 aliphatic rings. The van der Waals surface area contributed by atoms with E-state index in [9.17, 15) is 14.4 Å². The smallest absolute Gasteiger partial charge is 0.310 e. The van der Waals surface area contributed by atoms with Crippen molar-refractivity contribution in [2.75, 3.05) is 0 Å². The predicted octanol–water partition coefficient (Wildman–Crippen LogP) is 1.07. The normalized spacial score (nSPS) is 15.5. The number of hydrogen-bond acceptors (Lipinski definition) is 3. The number of carboxylic acids is 3. The summed E-state index contributed by atoms with van der Waals surface area (Å²) >= 11 is 0. The van der Waals surface area contributed by atoms with E-state index in [2.05, 4.69) is 0 Å². The van der Waals surface area contributed by atoms with Gasteiger partial charge < -0.3 is 15.3 Å². The fraction of sp³-hybridized carbons (Fsp3) is 0.545. The van der Waals surface area contributed by atoms with Crippen LogP contribution in [0.25, 0.3) is 0 Å². The maximum absolute atomic E-state index is 10.8. The van der Waals surface area contributed by atoms with Crippen molar-refractivity contribution < 1.29 is 29.7 Å². The molecule has 0 fully saturated rings. The molecule has 0 aliphatic carbocycles. The highest BCUT2D eigenvalue weighted by molar-refractivity contribution is 5.80. The van der Waals surface area contributed by atoms with E-state index >= 15 is 0 Å². The van der Waals surface area contributed by atoms with Crippen LogP contribution in [0.3, 0.4) is 0 Å². The molecule has 3 N–H and O–H groups in total. The average molecular weight is 244 g/mol. The summed E-state index contributed by atoms with van der Waals surface area (Å²) in [6.45, 7) is 4.04. The van der Waals surface area contributed by atoms with Gasteiger partial charge in [0.15, 0.2) is 0 Å². The molecule has 0 spiro atoms. The second-order valence-electron chi connectivity index (χ2n) is 3.91. The van der Waals surface area contributed by atoms with E-state index in [1.165, 1.54) is 26.8 Å². The highest BCUT2D eigenvalue weighted by Crippen LogP contribution is 2.23. The van der Waals surface area contributed by atoms with Gasteiger partial charge in [-0.1, -0.05) is 6.08 Å². The van der Waals surface area contributed by atoms with Crippen molar-refractivity contribution in [2.45, 2.75) is 20.8 Å². The largest absolute Gasteiger partial charge is 0.481 e. The number of rotatable bonds is 6. The van der Waals surface area contributed by atoms with E-state index < -0.39 is 35.7 Å². The van der Waals surface area contributed by atoms with Gasteiger partial charge in [0, 0.05) is 0 Å². The molecule has 0 aromatic carbocycles. The van der Waals surface area contributed by atoms with Crippen LogP contribution >= 0.6 is 0 Å². The second-order valence-corrected chi connectivity index (χ2v) is 3.91. The number of carboxylic acid groups (broad SMARTS) is 3. The zero-order valence-electron chi connectivity index (χ0n) is 9.88. The lowest BCUT2D eigenvalue weighted by Crippen LogP contribution is -2.24. The van der Waals surface area contributed by atoms with Gasteiger partial charge in [0.25, 0.3) is 0 Å². The maximum atomic E-state index is 10.8. The van der Waals surface area contributed by atoms with E-state index in [1.807, 2.05) is 0 Å². The minimum absolute atomic E-state index is 0.0971. The van der Waals surface area contributed by atoms with Gasteiger partial charge in [-0.05, 0) is 26.3 Å². The Bertz CT molecular complexity index is 335. The maximum Gasteiger partial charge on any atom is 0.310 e. The van der Waals surface area contributed by atoms with Crippen LogP contribution in [0.1, 0.15) is 20.8 Å². The predicted molar refractivity (Wildman–Crippen MR) is 58.5 cm³/mol. The Morgan fingerprint density at radius 1 is 0.824 bits per heavy atom. The van der Waals surface area contributed by atoms with Crippen molar-refractivity contribution >= 4 is 17.9 Å². The summed E-state index contributed by atoms with van der Waals surface area (Å²) < 4.78 is 0. The summed E-state index contributed by atoms with van der Waals surface area (Å²) in [6, 6.07) is 0. The van der Waals surface area contributed by atoms with E-state index in [1.54, 1.807) is 0 Å². The quantitative estimate of drug-likeness (QED) is 0.602. The van der Waals surface area contributed by atoms with Gasteiger partial charge in [0.1, 0.15) is 0 Å². The highest BCUT2D eigenvalue weighted by atomic mass is 16.4. The van der Waals surface area contributed by atoms with Crippen molar-refractivity contribution in [1.29, 1.82) is 0 Å². The second kappa shape index (κ2) is 6.03. The third-order valence-electron chi connectivity index (χ3n) is 2.57.